The van der Waals surface area contributed by atoms with Crippen LogP contribution in [0, 0.1) is 0 Å². The van der Waals surface area contributed by atoms with Crippen molar-refractivity contribution >= 4 is 34.3 Å². The molecule has 3 aromatic rings. The number of benzene rings is 2. The number of allylic oxidation sites excluding steroid dienone is 1. The minimum atomic E-state index is 0.361. The third kappa shape index (κ3) is 3.15. The molecule has 1 unspecified atom stereocenters. The van der Waals surface area contributed by atoms with Gasteiger partial charge in [0.2, 0.25) is 0 Å². The van der Waals surface area contributed by atoms with E-state index in [9.17, 15) is 0 Å². The Labute approximate surface area is 165 Å². The van der Waals surface area contributed by atoms with Crippen LogP contribution in [0.25, 0.3) is 22.7 Å². The molecule has 1 atom stereocenters. The van der Waals surface area contributed by atoms with Crippen molar-refractivity contribution in [2.75, 3.05) is 20.7 Å². The van der Waals surface area contributed by atoms with E-state index in [0.29, 0.717) is 6.04 Å². The molecule has 0 fully saturated rings. The molecule has 1 aliphatic rings. The van der Waals surface area contributed by atoms with E-state index in [-0.39, 0.29) is 0 Å². The van der Waals surface area contributed by atoms with Gasteiger partial charge in [-0.2, -0.15) is 0 Å². The number of hydrogen-bond donors (Lipinski definition) is 0. The van der Waals surface area contributed by atoms with Gasteiger partial charge in [0.25, 0.3) is 0 Å². The molecule has 0 saturated heterocycles. The van der Waals surface area contributed by atoms with E-state index in [0.717, 1.165) is 23.7 Å². The van der Waals surface area contributed by atoms with Gasteiger partial charge in [-0.3, -0.25) is 4.90 Å². The van der Waals surface area contributed by atoms with Gasteiger partial charge in [0.15, 0.2) is 0 Å². The lowest BCUT2D eigenvalue weighted by Gasteiger charge is -2.31. The number of rotatable bonds is 3. The summed E-state index contributed by atoms with van der Waals surface area (Å²) < 4.78 is 7.64. The van der Waals surface area contributed by atoms with Crippen LogP contribution >= 0.6 is 11.6 Å². The molecule has 0 bridgehead atoms. The van der Waals surface area contributed by atoms with Crippen molar-refractivity contribution in [3.8, 4) is 5.75 Å². The van der Waals surface area contributed by atoms with E-state index in [2.05, 4.69) is 60.8 Å². The van der Waals surface area contributed by atoms with Crippen molar-refractivity contribution < 1.29 is 4.74 Å². The SMILES string of the molecule is COc1ccc(C(C)=Cn2c3c(c4cc(Cl)ccc42)CCN(C)C3C)cc1. The molecule has 0 N–H and O–H groups in total. The van der Waals surface area contributed by atoms with Crippen LogP contribution in [0.4, 0.5) is 0 Å². The summed E-state index contributed by atoms with van der Waals surface area (Å²) in [6.45, 7) is 5.51. The smallest absolute Gasteiger partial charge is 0.118 e. The lowest BCUT2D eigenvalue weighted by atomic mass is 9.99. The predicted octanol–water partition coefficient (Wildman–Crippen LogP) is 5.87. The highest BCUT2D eigenvalue weighted by molar-refractivity contribution is 6.31. The maximum atomic E-state index is 6.32. The number of likely N-dealkylation sites (N-methyl/N-ethyl adjacent to an activating group) is 1. The summed E-state index contributed by atoms with van der Waals surface area (Å²) >= 11 is 6.32. The molecular formula is C23H25ClN2O. The molecule has 2 aromatic carbocycles. The molecule has 0 spiro atoms. The summed E-state index contributed by atoms with van der Waals surface area (Å²) in [5, 5.41) is 2.07. The zero-order valence-corrected chi connectivity index (χ0v) is 17.0. The third-order valence-corrected chi connectivity index (χ3v) is 5.99. The average molecular weight is 381 g/mol. The summed E-state index contributed by atoms with van der Waals surface area (Å²) in [5.74, 6) is 0.875. The van der Waals surface area contributed by atoms with Crippen LogP contribution < -0.4 is 4.74 Å². The molecule has 0 saturated carbocycles. The second-order valence-electron chi connectivity index (χ2n) is 7.34. The van der Waals surface area contributed by atoms with Gasteiger partial charge in [-0.05, 0) is 74.3 Å². The first-order valence-electron chi connectivity index (χ1n) is 9.35. The van der Waals surface area contributed by atoms with Crippen LogP contribution in [0.3, 0.4) is 0 Å². The third-order valence-electron chi connectivity index (χ3n) is 5.75. The van der Waals surface area contributed by atoms with Crippen LogP contribution in [0.15, 0.2) is 42.5 Å². The number of aromatic nitrogens is 1. The van der Waals surface area contributed by atoms with E-state index >= 15 is 0 Å². The van der Waals surface area contributed by atoms with Crippen molar-refractivity contribution in [1.82, 2.24) is 9.47 Å². The van der Waals surface area contributed by atoms with Gasteiger partial charge in [-0.1, -0.05) is 23.7 Å². The van der Waals surface area contributed by atoms with Crippen molar-refractivity contribution in [3.05, 3.63) is 64.3 Å². The van der Waals surface area contributed by atoms with Crippen LogP contribution in [0.5, 0.6) is 5.75 Å². The maximum Gasteiger partial charge on any atom is 0.118 e. The fourth-order valence-electron chi connectivity index (χ4n) is 4.04. The van der Waals surface area contributed by atoms with Gasteiger partial charge in [0.05, 0.1) is 12.6 Å². The monoisotopic (exact) mass is 380 g/mol. The van der Waals surface area contributed by atoms with E-state index in [1.54, 1.807) is 7.11 Å². The number of hydrogen-bond acceptors (Lipinski definition) is 2. The lowest BCUT2D eigenvalue weighted by Crippen LogP contribution is -2.31. The Morgan fingerprint density at radius 1 is 1.19 bits per heavy atom. The highest BCUT2D eigenvalue weighted by Crippen LogP contribution is 2.38. The van der Waals surface area contributed by atoms with Gasteiger partial charge in [-0.25, -0.2) is 0 Å². The maximum absolute atomic E-state index is 6.32. The van der Waals surface area contributed by atoms with Crippen LogP contribution in [-0.4, -0.2) is 30.2 Å². The largest absolute Gasteiger partial charge is 0.497 e. The molecule has 1 aromatic heterocycles. The fraction of sp³-hybridized carbons (Fsp3) is 0.304. The van der Waals surface area contributed by atoms with Gasteiger partial charge >= 0.3 is 0 Å². The molecule has 2 heterocycles. The highest BCUT2D eigenvalue weighted by Gasteiger charge is 2.27. The molecule has 1 aliphatic heterocycles. The Kier molecular flexibility index (Phi) is 4.75. The minimum Gasteiger partial charge on any atom is -0.497 e. The number of nitrogens with zero attached hydrogens (tertiary/aromatic N) is 2. The van der Waals surface area contributed by atoms with Crippen LogP contribution in [0.1, 0.15) is 36.7 Å². The molecule has 4 rings (SSSR count). The summed E-state index contributed by atoms with van der Waals surface area (Å²) in [6, 6.07) is 14.8. The minimum absolute atomic E-state index is 0.361. The van der Waals surface area contributed by atoms with E-state index in [4.69, 9.17) is 16.3 Å². The second kappa shape index (κ2) is 7.06. The first-order chi connectivity index (χ1) is 13.0. The van der Waals surface area contributed by atoms with Gasteiger partial charge in [0.1, 0.15) is 5.75 Å². The van der Waals surface area contributed by atoms with E-state index in [1.807, 2.05) is 18.2 Å². The molecule has 27 heavy (non-hydrogen) atoms. The Bertz CT molecular complexity index is 1020. The van der Waals surface area contributed by atoms with Crippen molar-refractivity contribution in [3.63, 3.8) is 0 Å². The summed E-state index contributed by atoms with van der Waals surface area (Å²) in [4.78, 5) is 2.41. The summed E-state index contributed by atoms with van der Waals surface area (Å²) in [5.41, 5.74) is 6.43. The molecule has 0 radical (unpaired) electrons. The van der Waals surface area contributed by atoms with E-state index in [1.165, 1.54) is 33.3 Å². The second-order valence-corrected chi connectivity index (χ2v) is 7.78. The van der Waals surface area contributed by atoms with Crippen molar-refractivity contribution in [2.24, 2.45) is 0 Å². The molecule has 3 nitrogen and oxygen atoms in total. The molecular weight excluding hydrogens is 356 g/mol. The number of fused-ring (bicyclic) bond motifs is 3. The Hall–Kier alpha value is -2.23. The average Bonchev–Trinajstić information content (AvgIpc) is 2.98. The van der Waals surface area contributed by atoms with Crippen LogP contribution in [0.2, 0.25) is 5.02 Å². The Morgan fingerprint density at radius 3 is 2.63 bits per heavy atom. The van der Waals surface area contributed by atoms with E-state index < -0.39 is 0 Å². The lowest BCUT2D eigenvalue weighted by molar-refractivity contribution is 0.242. The number of ether oxygens (including phenoxy) is 1. The molecule has 0 amide bonds. The Morgan fingerprint density at radius 2 is 1.93 bits per heavy atom. The summed E-state index contributed by atoms with van der Waals surface area (Å²) in [7, 11) is 3.89. The Balaban J connectivity index is 1.90. The number of halogens is 1. The van der Waals surface area contributed by atoms with Crippen LogP contribution in [-0.2, 0) is 6.42 Å². The normalized spacial score (nSPS) is 18.0. The predicted molar refractivity (Wildman–Crippen MR) is 115 cm³/mol. The highest BCUT2D eigenvalue weighted by atomic mass is 35.5. The molecule has 0 aliphatic carbocycles. The fourth-order valence-corrected chi connectivity index (χ4v) is 4.21. The topological polar surface area (TPSA) is 17.4 Å². The van der Waals surface area contributed by atoms with Gasteiger partial charge < -0.3 is 9.30 Å². The quantitative estimate of drug-likeness (QED) is 0.565. The molecule has 4 heteroatoms. The zero-order valence-electron chi connectivity index (χ0n) is 16.3. The van der Waals surface area contributed by atoms with Crippen molar-refractivity contribution in [1.29, 1.82) is 0 Å². The first-order valence-corrected chi connectivity index (χ1v) is 9.72. The van der Waals surface area contributed by atoms with Gasteiger partial charge in [-0.15, -0.1) is 0 Å². The number of methoxy groups -OCH3 is 1. The van der Waals surface area contributed by atoms with Gasteiger partial charge in [0, 0.05) is 34.9 Å². The van der Waals surface area contributed by atoms with Crippen molar-refractivity contribution in [2.45, 2.75) is 26.3 Å². The zero-order chi connectivity index (χ0) is 19.1. The summed E-state index contributed by atoms with van der Waals surface area (Å²) in [6.07, 6.45) is 3.31. The standard InChI is InChI=1S/C23H25ClN2O/c1-15(17-5-8-19(27-4)9-6-17)14-26-22-10-7-18(24)13-21(22)20-11-12-25(3)16(2)23(20)26/h5-10,13-14,16H,11-12H2,1-4H3. The molecule has 140 valence electrons. The first kappa shape index (κ1) is 18.1.